The molecule has 0 aromatic rings. The first kappa shape index (κ1) is 11.0. The fourth-order valence-corrected chi connectivity index (χ4v) is 0.173. The SMILES string of the molecule is OCC(S)CS.[Ni]. The number of hydrogen-bond donors (Lipinski definition) is 3. The van der Waals surface area contributed by atoms with Crippen molar-refractivity contribution in [3.05, 3.63) is 0 Å². The van der Waals surface area contributed by atoms with Gasteiger partial charge in [0.1, 0.15) is 0 Å². The van der Waals surface area contributed by atoms with E-state index in [2.05, 4.69) is 25.3 Å². The molecule has 0 aromatic heterocycles. The average molecular weight is 183 g/mol. The molecule has 48 valence electrons. The Balaban J connectivity index is 0. The van der Waals surface area contributed by atoms with Crippen molar-refractivity contribution in [3.63, 3.8) is 0 Å². The Morgan fingerprint density at radius 2 is 2.00 bits per heavy atom. The van der Waals surface area contributed by atoms with Gasteiger partial charge in [0, 0.05) is 27.5 Å². The van der Waals surface area contributed by atoms with Gasteiger partial charge < -0.3 is 5.11 Å². The molecule has 0 aliphatic carbocycles. The van der Waals surface area contributed by atoms with Crippen LogP contribution in [-0.4, -0.2) is 22.7 Å². The van der Waals surface area contributed by atoms with Crippen LogP contribution in [0.5, 0.6) is 0 Å². The third-order valence-corrected chi connectivity index (χ3v) is 1.50. The minimum Gasteiger partial charge on any atom is -0.395 e. The van der Waals surface area contributed by atoms with E-state index in [9.17, 15) is 0 Å². The van der Waals surface area contributed by atoms with E-state index >= 15 is 0 Å². The number of aliphatic hydroxyl groups is 1. The van der Waals surface area contributed by atoms with Crippen molar-refractivity contribution >= 4 is 25.3 Å². The minimum atomic E-state index is 0. The third-order valence-electron chi connectivity index (χ3n) is 0.421. The van der Waals surface area contributed by atoms with Crippen LogP contribution in [0.2, 0.25) is 0 Å². The van der Waals surface area contributed by atoms with Crippen LogP contribution in [-0.2, 0) is 16.5 Å². The van der Waals surface area contributed by atoms with E-state index in [1.165, 1.54) is 0 Å². The fourth-order valence-electron chi connectivity index (χ4n) is 0.0577. The summed E-state index contributed by atoms with van der Waals surface area (Å²) in [4.78, 5) is 0. The summed E-state index contributed by atoms with van der Waals surface area (Å²) in [5.74, 6) is 0.639. The molecule has 7 heavy (non-hydrogen) atoms. The van der Waals surface area contributed by atoms with Gasteiger partial charge in [-0.15, -0.1) is 0 Å². The number of aliphatic hydroxyl groups excluding tert-OH is 1. The zero-order chi connectivity index (χ0) is 4.99. The Morgan fingerprint density at radius 3 is 2.00 bits per heavy atom. The molecule has 0 amide bonds. The monoisotopic (exact) mass is 182 g/mol. The summed E-state index contributed by atoms with van der Waals surface area (Å²) < 4.78 is 0. The molecule has 0 aliphatic heterocycles. The summed E-state index contributed by atoms with van der Waals surface area (Å²) >= 11 is 7.76. The van der Waals surface area contributed by atoms with Crippen LogP contribution >= 0.6 is 25.3 Å². The second kappa shape index (κ2) is 7.15. The Hall–Kier alpha value is 1.15. The molecule has 1 unspecified atom stereocenters. The van der Waals surface area contributed by atoms with E-state index in [4.69, 9.17) is 5.11 Å². The van der Waals surface area contributed by atoms with Crippen LogP contribution in [0, 0.1) is 0 Å². The predicted molar refractivity (Wildman–Crippen MR) is 33.7 cm³/mol. The first-order valence-electron chi connectivity index (χ1n) is 1.71. The van der Waals surface area contributed by atoms with Gasteiger partial charge in [0.15, 0.2) is 0 Å². The van der Waals surface area contributed by atoms with E-state index in [1.807, 2.05) is 0 Å². The molecule has 0 fully saturated rings. The van der Waals surface area contributed by atoms with Gasteiger partial charge in [0.25, 0.3) is 0 Å². The predicted octanol–water partition coefficient (Wildman–Crippen LogP) is 0.204. The summed E-state index contributed by atoms with van der Waals surface area (Å²) in [7, 11) is 0. The van der Waals surface area contributed by atoms with Gasteiger partial charge in [0.05, 0.1) is 6.61 Å². The second-order valence-corrected chi connectivity index (χ2v) is 2.11. The molecule has 0 aromatic carbocycles. The van der Waals surface area contributed by atoms with Crippen molar-refractivity contribution in [2.24, 2.45) is 0 Å². The molecule has 1 atom stereocenters. The summed E-state index contributed by atoms with van der Waals surface area (Å²) in [6, 6.07) is 0. The van der Waals surface area contributed by atoms with Crippen LogP contribution in [0.4, 0.5) is 0 Å². The Kier molecular flexibility index (Phi) is 11.3. The molecule has 0 aliphatic rings. The number of hydrogen-bond acceptors (Lipinski definition) is 3. The summed E-state index contributed by atoms with van der Waals surface area (Å²) in [6.45, 7) is 0.118. The molecule has 0 saturated heterocycles. The minimum absolute atomic E-state index is 0. The molecule has 0 saturated carbocycles. The van der Waals surface area contributed by atoms with E-state index < -0.39 is 0 Å². The quantitative estimate of drug-likeness (QED) is 0.412. The third kappa shape index (κ3) is 7.15. The number of thiol groups is 2. The second-order valence-electron chi connectivity index (χ2n) is 1.02. The van der Waals surface area contributed by atoms with Crippen molar-refractivity contribution < 1.29 is 21.6 Å². The fraction of sp³-hybridized carbons (Fsp3) is 1.00. The van der Waals surface area contributed by atoms with Gasteiger partial charge in [-0.1, -0.05) is 0 Å². The normalized spacial score (nSPS) is 12.4. The molecule has 0 rings (SSSR count). The molecule has 0 heterocycles. The molecule has 1 nitrogen and oxygen atoms in total. The number of rotatable bonds is 2. The smallest absolute Gasteiger partial charge is 0.0555 e. The maximum Gasteiger partial charge on any atom is 0.0555 e. The van der Waals surface area contributed by atoms with Gasteiger partial charge in [0.2, 0.25) is 0 Å². The topological polar surface area (TPSA) is 20.2 Å². The van der Waals surface area contributed by atoms with Crippen molar-refractivity contribution in [1.82, 2.24) is 0 Å². The molecule has 1 N–H and O–H groups in total. The maximum atomic E-state index is 8.21. The van der Waals surface area contributed by atoms with Crippen molar-refractivity contribution in [2.75, 3.05) is 12.4 Å². The Morgan fingerprint density at radius 1 is 1.57 bits per heavy atom. The molecular formula is C3H8NiOS2. The van der Waals surface area contributed by atoms with E-state index in [0.29, 0.717) is 5.75 Å². The standard InChI is InChI=1S/C3H8OS2.Ni/c4-1-3(6)2-5;/h3-6H,1-2H2;. The molecule has 4 heteroatoms. The Bertz CT molecular complexity index is 32.1. The van der Waals surface area contributed by atoms with E-state index in [-0.39, 0.29) is 28.3 Å². The van der Waals surface area contributed by atoms with Gasteiger partial charge in [-0.3, -0.25) is 0 Å². The van der Waals surface area contributed by atoms with Gasteiger partial charge >= 0.3 is 0 Å². The maximum absolute atomic E-state index is 8.21. The van der Waals surface area contributed by atoms with Gasteiger partial charge in [-0.2, -0.15) is 25.3 Å². The summed E-state index contributed by atoms with van der Waals surface area (Å²) in [5.41, 5.74) is 0. The molecule has 0 bridgehead atoms. The first-order chi connectivity index (χ1) is 2.81. The molecular weight excluding hydrogens is 175 g/mol. The van der Waals surface area contributed by atoms with Gasteiger partial charge in [-0.25, -0.2) is 0 Å². The van der Waals surface area contributed by atoms with Crippen LogP contribution in [0.15, 0.2) is 0 Å². The van der Waals surface area contributed by atoms with Crippen LogP contribution in [0.3, 0.4) is 0 Å². The largest absolute Gasteiger partial charge is 0.395 e. The summed E-state index contributed by atoms with van der Waals surface area (Å²) in [6.07, 6.45) is 0. The van der Waals surface area contributed by atoms with Crippen LogP contribution in [0.25, 0.3) is 0 Å². The van der Waals surface area contributed by atoms with Crippen molar-refractivity contribution in [2.45, 2.75) is 5.25 Å². The van der Waals surface area contributed by atoms with E-state index in [0.717, 1.165) is 0 Å². The zero-order valence-electron chi connectivity index (χ0n) is 3.65. The zero-order valence-corrected chi connectivity index (χ0v) is 6.43. The Labute approximate surface area is 64.6 Å². The molecule has 0 radical (unpaired) electrons. The first-order valence-corrected chi connectivity index (χ1v) is 2.86. The van der Waals surface area contributed by atoms with Crippen molar-refractivity contribution in [1.29, 1.82) is 0 Å². The van der Waals surface area contributed by atoms with Gasteiger partial charge in [-0.05, 0) is 0 Å². The van der Waals surface area contributed by atoms with Crippen LogP contribution < -0.4 is 0 Å². The molecule has 0 spiro atoms. The average Bonchev–Trinajstić information content (AvgIpc) is 1.65. The van der Waals surface area contributed by atoms with E-state index in [1.54, 1.807) is 0 Å². The van der Waals surface area contributed by atoms with Crippen molar-refractivity contribution in [3.8, 4) is 0 Å². The van der Waals surface area contributed by atoms with Crippen LogP contribution in [0.1, 0.15) is 0 Å². The summed E-state index contributed by atoms with van der Waals surface area (Å²) in [5, 5.41) is 8.26.